The first-order chi connectivity index (χ1) is 12.8. The lowest BCUT2D eigenvalue weighted by molar-refractivity contribution is 1.07. The van der Waals surface area contributed by atoms with Crippen molar-refractivity contribution >= 4 is 10.8 Å². The van der Waals surface area contributed by atoms with Crippen molar-refractivity contribution in [3.63, 3.8) is 0 Å². The first kappa shape index (κ1) is 16.6. The van der Waals surface area contributed by atoms with Crippen LogP contribution in [0.2, 0.25) is 0 Å². The molecule has 0 aliphatic carbocycles. The van der Waals surface area contributed by atoms with Gasteiger partial charge in [-0.2, -0.15) is 0 Å². The molecular formula is C25H23N. The van der Waals surface area contributed by atoms with Crippen LogP contribution in [-0.2, 0) is 13.0 Å². The second-order valence-corrected chi connectivity index (χ2v) is 6.73. The Bertz CT molecular complexity index is 1030. The molecule has 0 aromatic heterocycles. The molecule has 0 heterocycles. The van der Waals surface area contributed by atoms with Crippen LogP contribution in [-0.4, -0.2) is 0 Å². The van der Waals surface area contributed by atoms with Gasteiger partial charge in [0.25, 0.3) is 0 Å². The number of hydrogen-bond donors (Lipinski definition) is 1. The standard InChI is InChI=1S/C25H23N/c1-2-18-3-8-25-16-24(14-13-23(25)15-18)22-11-9-21(10-12-22)20-6-4-19(17-26)5-7-20/h3-16H,2,17,26H2,1H3. The third kappa shape index (κ3) is 3.26. The molecule has 128 valence electrons. The molecule has 1 heteroatoms. The molecule has 4 aromatic carbocycles. The molecule has 0 radical (unpaired) electrons. The number of fused-ring (bicyclic) bond motifs is 1. The van der Waals surface area contributed by atoms with Gasteiger partial charge in [0, 0.05) is 6.54 Å². The molecule has 0 fully saturated rings. The number of nitrogens with two attached hydrogens (primary N) is 1. The summed E-state index contributed by atoms with van der Waals surface area (Å²) in [6.07, 6.45) is 1.07. The maximum atomic E-state index is 5.68. The van der Waals surface area contributed by atoms with E-state index in [0.29, 0.717) is 6.54 Å². The molecular weight excluding hydrogens is 314 g/mol. The zero-order valence-corrected chi connectivity index (χ0v) is 15.1. The molecule has 0 saturated carbocycles. The molecule has 1 nitrogen and oxygen atoms in total. The van der Waals surface area contributed by atoms with Gasteiger partial charge in [-0.05, 0) is 56.6 Å². The summed E-state index contributed by atoms with van der Waals surface area (Å²) in [7, 11) is 0. The van der Waals surface area contributed by atoms with Crippen LogP contribution in [0.15, 0.2) is 84.9 Å². The molecule has 0 bridgehead atoms. The highest BCUT2D eigenvalue weighted by molar-refractivity contribution is 5.88. The highest BCUT2D eigenvalue weighted by Gasteiger charge is 2.03. The van der Waals surface area contributed by atoms with E-state index in [9.17, 15) is 0 Å². The molecule has 4 aromatic rings. The van der Waals surface area contributed by atoms with Gasteiger partial charge in [0.05, 0.1) is 0 Å². The van der Waals surface area contributed by atoms with Crippen molar-refractivity contribution in [1.29, 1.82) is 0 Å². The van der Waals surface area contributed by atoms with Crippen LogP contribution >= 0.6 is 0 Å². The van der Waals surface area contributed by atoms with Crippen molar-refractivity contribution in [3.05, 3.63) is 96.1 Å². The third-order valence-corrected chi connectivity index (χ3v) is 5.05. The summed E-state index contributed by atoms with van der Waals surface area (Å²) in [4.78, 5) is 0. The van der Waals surface area contributed by atoms with E-state index in [0.717, 1.165) is 12.0 Å². The highest BCUT2D eigenvalue weighted by atomic mass is 14.5. The Hall–Kier alpha value is -2.90. The van der Waals surface area contributed by atoms with Gasteiger partial charge >= 0.3 is 0 Å². The smallest absolute Gasteiger partial charge is 0.0178 e. The van der Waals surface area contributed by atoms with Gasteiger partial charge in [-0.25, -0.2) is 0 Å². The van der Waals surface area contributed by atoms with Crippen LogP contribution in [0, 0.1) is 0 Å². The fraction of sp³-hybridized carbons (Fsp3) is 0.120. The van der Waals surface area contributed by atoms with Crippen LogP contribution in [0.5, 0.6) is 0 Å². The Balaban J connectivity index is 1.64. The maximum absolute atomic E-state index is 5.68. The van der Waals surface area contributed by atoms with Crippen molar-refractivity contribution < 1.29 is 0 Å². The quantitative estimate of drug-likeness (QED) is 0.472. The summed E-state index contributed by atoms with van der Waals surface area (Å²) in [6.45, 7) is 2.78. The Kier molecular flexibility index (Phi) is 4.55. The van der Waals surface area contributed by atoms with E-state index in [4.69, 9.17) is 5.73 Å². The van der Waals surface area contributed by atoms with Gasteiger partial charge in [-0.3, -0.25) is 0 Å². The molecule has 4 rings (SSSR count). The van der Waals surface area contributed by atoms with E-state index in [1.165, 1.54) is 38.6 Å². The average molecular weight is 337 g/mol. The largest absolute Gasteiger partial charge is 0.326 e. The molecule has 2 N–H and O–H groups in total. The molecule has 0 spiro atoms. The van der Waals surface area contributed by atoms with E-state index in [1.807, 2.05) is 0 Å². The SMILES string of the molecule is CCc1ccc2cc(-c3ccc(-c4ccc(CN)cc4)cc3)ccc2c1. The lowest BCUT2D eigenvalue weighted by Gasteiger charge is -2.08. The summed E-state index contributed by atoms with van der Waals surface area (Å²) in [6, 6.07) is 30.7. The highest BCUT2D eigenvalue weighted by Crippen LogP contribution is 2.28. The number of rotatable bonds is 4. The second kappa shape index (κ2) is 7.15. The minimum absolute atomic E-state index is 0.584. The van der Waals surface area contributed by atoms with Gasteiger partial charge in [0.1, 0.15) is 0 Å². The number of hydrogen-bond acceptors (Lipinski definition) is 1. The molecule has 26 heavy (non-hydrogen) atoms. The van der Waals surface area contributed by atoms with E-state index in [-0.39, 0.29) is 0 Å². The summed E-state index contributed by atoms with van der Waals surface area (Å²) in [5, 5.41) is 2.60. The molecule has 0 saturated heterocycles. The number of aryl methyl sites for hydroxylation is 1. The monoisotopic (exact) mass is 337 g/mol. The Labute approximate surface area is 155 Å². The van der Waals surface area contributed by atoms with Crippen molar-refractivity contribution in [3.8, 4) is 22.3 Å². The molecule has 0 aliphatic rings. The van der Waals surface area contributed by atoms with Crippen molar-refractivity contribution in [1.82, 2.24) is 0 Å². The predicted octanol–water partition coefficient (Wildman–Crippen LogP) is 6.19. The zero-order valence-electron chi connectivity index (χ0n) is 15.1. The fourth-order valence-electron chi connectivity index (χ4n) is 3.38. The van der Waals surface area contributed by atoms with Crippen molar-refractivity contribution in [2.75, 3.05) is 0 Å². The van der Waals surface area contributed by atoms with Crippen molar-refractivity contribution in [2.45, 2.75) is 19.9 Å². The number of benzene rings is 4. The normalized spacial score (nSPS) is 11.0. The van der Waals surface area contributed by atoms with Gasteiger partial charge in [-0.1, -0.05) is 85.8 Å². The first-order valence-corrected chi connectivity index (χ1v) is 9.19. The third-order valence-electron chi connectivity index (χ3n) is 5.05. The fourth-order valence-corrected chi connectivity index (χ4v) is 3.38. The van der Waals surface area contributed by atoms with Gasteiger partial charge in [0.2, 0.25) is 0 Å². The van der Waals surface area contributed by atoms with Gasteiger partial charge in [-0.15, -0.1) is 0 Å². The molecule has 0 aliphatic heterocycles. The minimum Gasteiger partial charge on any atom is -0.326 e. The molecule has 0 unspecified atom stereocenters. The Morgan fingerprint density at radius 1 is 0.538 bits per heavy atom. The summed E-state index contributed by atoms with van der Waals surface area (Å²) < 4.78 is 0. The zero-order chi connectivity index (χ0) is 17.9. The minimum atomic E-state index is 0.584. The summed E-state index contributed by atoms with van der Waals surface area (Å²) in [5.41, 5.74) is 13.2. The Morgan fingerprint density at radius 2 is 1.00 bits per heavy atom. The van der Waals surface area contributed by atoms with E-state index >= 15 is 0 Å². The summed E-state index contributed by atoms with van der Waals surface area (Å²) in [5.74, 6) is 0. The van der Waals surface area contributed by atoms with Crippen molar-refractivity contribution in [2.24, 2.45) is 5.73 Å². The van der Waals surface area contributed by atoms with E-state index in [1.54, 1.807) is 0 Å². The topological polar surface area (TPSA) is 26.0 Å². The second-order valence-electron chi connectivity index (χ2n) is 6.73. The van der Waals surface area contributed by atoms with Crippen LogP contribution in [0.1, 0.15) is 18.1 Å². The van der Waals surface area contributed by atoms with Gasteiger partial charge < -0.3 is 5.73 Å². The van der Waals surface area contributed by atoms with Crippen LogP contribution in [0.4, 0.5) is 0 Å². The first-order valence-electron chi connectivity index (χ1n) is 9.19. The van der Waals surface area contributed by atoms with Crippen LogP contribution in [0.25, 0.3) is 33.0 Å². The predicted molar refractivity (Wildman–Crippen MR) is 112 cm³/mol. The van der Waals surface area contributed by atoms with Crippen LogP contribution in [0.3, 0.4) is 0 Å². The summed E-state index contributed by atoms with van der Waals surface area (Å²) >= 11 is 0. The average Bonchev–Trinajstić information content (AvgIpc) is 2.73. The van der Waals surface area contributed by atoms with E-state index in [2.05, 4.69) is 91.9 Å². The Morgan fingerprint density at radius 3 is 1.62 bits per heavy atom. The molecule has 0 amide bonds. The lowest BCUT2D eigenvalue weighted by Crippen LogP contribution is -1.95. The lowest BCUT2D eigenvalue weighted by atomic mass is 9.97. The molecule has 0 atom stereocenters. The van der Waals surface area contributed by atoms with Crippen LogP contribution < -0.4 is 5.73 Å². The van der Waals surface area contributed by atoms with Gasteiger partial charge in [0.15, 0.2) is 0 Å². The van der Waals surface area contributed by atoms with E-state index < -0.39 is 0 Å². The maximum Gasteiger partial charge on any atom is 0.0178 e.